The van der Waals surface area contributed by atoms with Crippen molar-refractivity contribution in [1.29, 1.82) is 0 Å². The van der Waals surface area contributed by atoms with Gasteiger partial charge in [0, 0.05) is 6.54 Å². The Hall–Kier alpha value is -1.10. The van der Waals surface area contributed by atoms with Crippen LogP contribution in [0.1, 0.15) is 57.8 Å². The molecule has 1 saturated carbocycles. The van der Waals surface area contributed by atoms with Crippen LogP contribution < -0.4 is 5.32 Å². The van der Waals surface area contributed by atoms with Crippen molar-refractivity contribution in [3.63, 3.8) is 0 Å². The Bertz CT molecular complexity index is 396. The van der Waals surface area contributed by atoms with E-state index in [2.05, 4.69) is 10.2 Å². The molecule has 2 heterocycles. The second-order valence-corrected chi connectivity index (χ2v) is 6.76. The minimum atomic E-state index is -0.529. The molecule has 0 bridgehead atoms. The summed E-state index contributed by atoms with van der Waals surface area (Å²) in [5.74, 6) is -0.0458. The maximum Gasteiger partial charge on any atom is 0.325 e. The first-order valence-corrected chi connectivity index (χ1v) is 8.58. The monoisotopic (exact) mass is 293 g/mol. The van der Waals surface area contributed by atoms with Crippen molar-refractivity contribution in [3.8, 4) is 0 Å². The van der Waals surface area contributed by atoms with Crippen LogP contribution in [0.2, 0.25) is 0 Å². The van der Waals surface area contributed by atoms with E-state index in [9.17, 15) is 9.59 Å². The number of amides is 3. The first-order valence-electron chi connectivity index (χ1n) is 8.58. The predicted octanol–water partition coefficient (Wildman–Crippen LogP) is 2.12. The number of hydrogen-bond donors (Lipinski definition) is 1. The fourth-order valence-electron chi connectivity index (χ4n) is 4.18. The Balaban J connectivity index is 1.62. The van der Waals surface area contributed by atoms with Gasteiger partial charge in [-0.2, -0.15) is 0 Å². The van der Waals surface area contributed by atoms with Gasteiger partial charge in [-0.05, 0) is 51.7 Å². The van der Waals surface area contributed by atoms with E-state index in [-0.39, 0.29) is 11.9 Å². The number of nitrogens with zero attached hydrogens (tertiary/aromatic N) is 2. The van der Waals surface area contributed by atoms with Gasteiger partial charge >= 0.3 is 6.03 Å². The summed E-state index contributed by atoms with van der Waals surface area (Å²) in [5.41, 5.74) is -0.529. The second kappa shape index (κ2) is 6.34. The van der Waals surface area contributed by atoms with E-state index < -0.39 is 5.54 Å². The number of imide groups is 1. The van der Waals surface area contributed by atoms with Crippen LogP contribution in [0.15, 0.2) is 0 Å². The molecule has 0 atom stereocenters. The maximum absolute atomic E-state index is 12.4. The van der Waals surface area contributed by atoms with Crippen LogP contribution in [-0.2, 0) is 4.79 Å². The van der Waals surface area contributed by atoms with Crippen molar-refractivity contribution in [2.45, 2.75) is 63.3 Å². The predicted molar refractivity (Wildman–Crippen MR) is 81.0 cm³/mol. The molecule has 0 aromatic rings. The summed E-state index contributed by atoms with van der Waals surface area (Å²) in [6, 6.07) is -0.164. The molecule has 3 amide bonds. The highest BCUT2D eigenvalue weighted by Crippen LogP contribution is 2.36. The molecule has 0 aromatic carbocycles. The molecule has 5 heteroatoms. The van der Waals surface area contributed by atoms with Crippen LogP contribution in [0.5, 0.6) is 0 Å². The highest BCUT2D eigenvalue weighted by atomic mass is 16.2. The van der Waals surface area contributed by atoms with Gasteiger partial charge in [0.05, 0.1) is 0 Å². The van der Waals surface area contributed by atoms with Gasteiger partial charge in [0.1, 0.15) is 5.54 Å². The molecular formula is C16H27N3O2. The summed E-state index contributed by atoms with van der Waals surface area (Å²) in [6.07, 6.45) is 9.74. The van der Waals surface area contributed by atoms with Gasteiger partial charge in [-0.3, -0.25) is 10.1 Å². The molecule has 1 spiro atoms. The molecule has 3 aliphatic rings. The molecule has 5 nitrogen and oxygen atoms in total. The van der Waals surface area contributed by atoms with Crippen molar-refractivity contribution in [2.24, 2.45) is 0 Å². The number of carbonyl (C=O) groups is 2. The average Bonchev–Trinajstić information content (AvgIpc) is 2.95. The van der Waals surface area contributed by atoms with Gasteiger partial charge in [-0.15, -0.1) is 0 Å². The van der Waals surface area contributed by atoms with Gasteiger partial charge in [0.2, 0.25) is 0 Å². The van der Waals surface area contributed by atoms with Gasteiger partial charge < -0.3 is 9.80 Å². The number of carbonyl (C=O) groups excluding carboxylic acids is 2. The summed E-state index contributed by atoms with van der Waals surface area (Å²) in [7, 11) is 0. The van der Waals surface area contributed by atoms with E-state index in [4.69, 9.17) is 0 Å². The van der Waals surface area contributed by atoms with E-state index in [1.807, 2.05) is 4.90 Å². The lowest BCUT2D eigenvalue weighted by Gasteiger charge is -2.34. The van der Waals surface area contributed by atoms with Crippen LogP contribution in [0, 0.1) is 0 Å². The topological polar surface area (TPSA) is 52.7 Å². The van der Waals surface area contributed by atoms with E-state index >= 15 is 0 Å². The zero-order chi connectivity index (χ0) is 14.7. The number of hydrogen-bond acceptors (Lipinski definition) is 3. The molecular weight excluding hydrogens is 266 g/mol. The normalized spacial score (nSPS) is 26.4. The minimum Gasteiger partial charge on any atom is -0.310 e. The fraction of sp³-hybridized carbons (Fsp3) is 0.875. The van der Waals surface area contributed by atoms with Crippen molar-refractivity contribution in [1.82, 2.24) is 15.1 Å². The third-order valence-corrected chi connectivity index (χ3v) is 5.39. The lowest BCUT2D eigenvalue weighted by Crippen LogP contribution is -2.50. The summed E-state index contributed by atoms with van der Waals surface area (Å²) < 4.78 is 0. The largest absolute Gasteiger partial charge is 0.325 e. The summed E-state index contributed by atoms with van der Waals surface area (Å²) >= 11 is 0. The Kier molecular flexibility index (Phi) is 4.48. The third kappa shape index (κ3) is 2.93. The molecule has 118 valence electrons. The van der Waals surface area contributed by atoms with Crippen LogP contribution >= 0.6 is 0 Å². The van der Waals surface area contributed by atoms with E-state index in [0.29, 0.717) is 6.54 Å². The highest BCUT2D eigenvalue weighted by Gasteiger charge is 2.51. The molecule has 3 rings (SSSR count). The van der Waals surface area contributed by atoms with Gasteiger partial charge in [-0.25, -0.2) is 4.79 Å². The molecule has 2 saturated heterocycles. The van der Waals surface area contributed by atoms with Crippen molar-refractivity contribution >= 4 is 11.9 Å². The van der Waals surface area contributed by atoms with Crippen molar-refractivity contribution < 1.29 is 9.59 Å². The maximum atomic E-state index is 12.4. The minimum absolute atomic E-state index is 0.0458. The van der Waals surface area contributed by atoms with Crippen LogP contribution in [0.25, 0.3) is 0 Å². The quantitative estimate of drug-likeness (QED) is 0.808. The Morgan fingerprint density at radius 2 is 1.57 bits per heavy atom. The summed E-state index contributed by atoms with van der Waals surface area (Å²) in [5, 5.41) is 2.57. The first kappa shape index (κ1) is 14.8. The lowest BCUT2D eigenvalue weighted by molar-refractivity contribution is -0.127. The van der Waals surface area contributed by atoms with Crippen molar-refractivity contribution in [3.05, 3.63) is 0 Å². The summed E-state index contributed by atoms with van der Waals surface area (Å²) in [4.78, 5) is 28.9. The number of likely N-dealkylation sites (tertiary alicyclic amines) is 1. The van der Waals surface area contributed by atoms with Crippen LogP contribution in [0.4, 0.5) is 4.79 Å². The zero-order valence-electron chi connectivity index (χ0n) is 12.9. The molecule has 0 aromatic heterocycles. The fourth-order valence-corrected chi connectivity index (χ4v) is 4.18. The SMILES string of the molecule is O=C1NC(=O)C2(CCCCCC2)N1CCCN1CCCC1. The van der Waals surface area contributed by atoms with E-state index in [0.717, 1.165) is 38.6 Å². The highest BCUT2D eigenvalue weighted by molar-refractivity contribution is 6.07. The van der Waals surface area contributed by atoms with Gasteiger partial charge in [0.15, 0.2) is 0 Å². The molecule has 2 aliphatic heterocycles. The Morgan fingerprint density at radius 1 is 0.905 bits per heavy atom. The molecule has 3 fully saturated rings. The second-order valence-electron chi connectivity index (χ2n) is 6.76. The van der Waals surface area contributed by atoms with E-state index in [1.54, 1.807) is 0 Å². The van der Waals surface area contributed by atoms with Gasteiger partial charge in [0.25, 0.3) is 5.91 Å². The molecule has 21 heavy (non-hydrogen) atoms. The first-order chi connectivity index (χ1) is 10.2. The third-order valence-electron chi connectivity index (χ3n) is 5.39. The van der Waals surface area contributed by atoms with Gasteiger partial charge in [-0.1, -0.05) is 25.7 Å². The molecule has 0 radical (unpaired) electrons. The van der Waals surface area contributed by atoms with E-state index in [1.165, 1.54) is 38.8 Å². The molecule has 1 aliphatic carbocycles. The molecule has 1 N–H and O–H groups in total. The number of urea groups is 1. The van der Waals surface area contributed by atoms with Crippen LogP contribution in [-0.4, -0.2) is 53.5 Å². The zero-order valence-corrected chi connectivity index (χ0v) is 12.9. The number of nitrogens with one attached hydrogen (secondary N) is 1. The van der Waals surface area contributed by atoms with Crippen LogP contribution in [0.3, 0.4) is 0 Å². The summed E-state index contributed by atoms with van der Waals surface area (Å²) in [6.45, 7) is 4.15. The smallest absolute Gasteiger partial charge is 0.310 e. The Morgan fingerprint density at radius 3 is 2.24 bits per heavy atom. The standard InChI is InChI=1S/C16H27N3O2/c20-14-16(8-3-1-2-4-9-16)19(15(21)17-14)13-7-12-18-10-5-6-11-18/h1-13H2,(H,17,20,21). The lowest BCUT2D eigenvalue weighted by atomic mass is 9.88. The van der Waals surface area contributed by atoms with Crippen molar-refractivity contribution in [2.75, 3.05) is 26.2 Å². The Labute approximate surface area is 127 Å². The number of rotatable bonds is 4. The molecule has 0 unspecified atom stereocenters. The average molecular weight is 293 g/mol.